The van der Waals surface area contributed by atoms with Crippen LogP contribution >= 0.6 is 0 Å². The number of nitrogens with zero attached hydrogens (tertiary/aromatic N) is 3. The molecule has 1 N–H and O–H groups in total. The van der Waals surface area contributed by atoms with Crippen LogP contribution in [0.25, 0.3) is 0 Å². The third-order valence-corrected chi connectivity index (χ3v) is 3.08. The topological polar surface area (TPSA) is 68.1 Å². The molecule has 0 aromatic carbocycles. The summed E-state index contributed by atoms with van der Waals surface area (Å²) in [6, 6.07) is 3.68. The van der Waals surface area contributed by atoms with Gasteiger partial charge in [-0.2, -0.15) is 10.2 Å². The van der Waals surface area contributed by atoms with Crippen molar-refractivity contribution in [3.8, 4) is 5.75 Å². The number of aromatic nitrogens is 3. The van der Waals surface area contributed by atoms with Crippen molar-refractivity contribution in [1.82, 2.24) is 15.2 Å². The molecule has 0 spiro atoms. The largest absolute Gasteiger partial charge is 0.489 e. The van der Waals surface area contributed by atoms with Crippen LogP contribution in [-0.4, -0.2) is 26.4 Å². The highest BCUT2D eigenvalue weighted by molar-refractivity contribution is 5.34. The van der Waals surface area contributed by atoms with E-state index in [9.17, 15) is 5.11 Å². The predicted molar refractivity (Wildman–Crippen MR) is 80.2 cm³/mol. The molecule has 5 nitrogen and oxygen atoms in total. The Kier molecular flexibility index (Phi) is 4.85. The van der Waals surface area contributed by atoms with Gasteiger partial charge in [0.1, 0.15) is 11.9 Å². The molecule has 2 aromatic heterocycles. The lowest BCUT2D eigenvalue weighted by atomic mass is 10.0. The van der Waals surface area contributed by atoms with E-state index in [1.54, 1.807) is 12.4 Å². The Balaban J connectivity index is 2.35. The van der Waals surface area contributed by atoms with Crippen molar-refractivity contribution >= 4 is 0 Å². The molecule has 0 saturated heterocycles. The van der Waals surface area contributed by atoms with E-state index in [-0.39, 0.29) is 6.10 Å². The lowest BCUT2D eigenvalue weighted by molar-refractivity contribution is 0.213. The first kappa shape index (κ1) is 15.4. The van der Waals surface area contributed by atoms with Crippen LogP contribution in [0, 0.1) is 6.92 Å². The van der Waals surface area contributed by atoms with Crippen molar-refractivity contribution in [1.29, 1.82) is 0 Å². The Morgan fingerprint density at radius 1 is 1.19 bits per heavy atom. The van der Waals surface area contributed by atoms with E-state index in [0.29, 0.717) is 11.3 Å². The maximum atomic E-state index is 10.6. The summed E-state index contributed by atoms with van der Waals surface area (Å²) >= 11 is 0. The summed E-state index contributed by atoms with van der Waals surface area (Å²) in [6.45, 7) is 7.76. The Bertz CT molecular complexity index is 614. The van der Waals surface area contributed by atoms with Crippen LogP contribution in [0.3, 0.4) is 0 Å². The molecule has 0 aliphatic rings. The minimum Gasteiger partial charge on any atom is -0.489 e. The Hall–Kier alpha value is -2.01. The highest BCUT2D eigenvalue weighted by Gasteiger charge is 2.17. The number of aliphatic hydroxyl groups is 1. The van der Waals surface area contributed by atoms with Gasteiger partial charge in [-0.3, -0.25) is 4.98 Å². The first-order valence-electron chi connectivity index (χ1n) is 7.14. The fourth-order valence-corrected chi connectivity index (χ4v) is 2.15. The average molecular weight is 287 g/mol. The number of pyridine rings is 1. The van der Waals surface area contributed by atoms with E-state index >= 15 is 0 Å². The van der Waals surface area contributed by atoms with Gasteiger partial charge in [0.15, 0.2) is 0 Å². The van der Waals surface area contributed by atoms with Gasteiger partial charge < -0.3 is 9.84 Å². The second-order valence-electron chi connectivity index (χ2n) is 5.26. The van der Waals surface area contributed by atoms with Gasteiger partial charge in [0.05, 0.1) is 23.7 Å². The Morgan fingerprint density at radius 2 is 1.95 bits per heavy atom. The van der Waals surface area contributed by atoms with E-state index in [1.807, 2.05) is 39.8 Å². The number of hydrogen-bond acceptors (Lipinski definition) is 5. The SMILES string of the molecule is CCc1nnc(C)cc1C(O)c1cncc(OC(C)C)c1. The number of rotatable bonds is 5. The van der Waals surface area contributed by atoms with E-state index in [2.05, 4.69) is 15.2 Å². The molecule has 2 heterocycles. The van der Waals surface area contributed by atoms with Crippen molar-refractivity contribution in [3.05, 3.63) is 47.0 Å². The van der Waals surface area contributed by atoms with Gasteiger partial charge in [0.2, 0.25) is 0 Å². The van der Waals surface area contributed by atoms with Crippen molar-refractivity contribution in [2.24, 2.45) is 0 Å². The molecular formula is C16H21N3O2. The van der Waals surface area contributed by atoms with Crippen molar-refractivity contribution in [2.75, 3.05) is 0 Å². The lowest BCUT2D eigenvalue weighted by Gasteiger charge is -2.16. The average Bonchev–Trinajstić information content (AvgIpc) is 2.46. The summed E-state index contributed by atoms with van der Waals surface area (Å²) in [5, 5.41) is 18.8. The molecule has 5 heteroatoms. The van der Waals surface area contributed by atoms with Gasteiger partial charge in [0.25, 0.3) is 0 Å². The number of aryl methyl sites for hydroxylation is 2. The van der Waals surface area contributed by atoms with E-state index in [4.69, 9.17) is 4.74 Å². The minimum absolute atomic E-state index is 0.0650. The zero-order valence-electron chi connectivity index (χ0n) is 12.9. The van der Waals surface area contributed by atoms with Gasteiger partial charge in [0, 0.05) is 17.3 Å². The Labute approximate surface area is 125 Å². The van der Waals surface area contributed by atoms with Crippen LogP contribution in [0.15, 0.2) is 24.5 Å². The minimum atomic E-state index is -0.780. The molecule has 0 radical (unpaired) electrons. The van der Waals surface area contributed by atoms with Crippen LogP contribution in [0.5, 0.6) is 5.75 Å². The number of hydrogen-bond donors (Lipinski definition) is 1. The third-order valence-electron chi connectivity index (χ3n) is 3.08. The van der Waals surface area contributed by atoms with Gasteiger partial charge in [-0.1, -0.05) is 6.92 Å². The summed E-state index contributed by atoms with van der Waals surface area (Å²) in [6.07, 6.45) is 3.29. The Morgan fingerprint density at radius 3 is 2.62 bits per heavy atom. The number of aliphatic hydroxyl groups excluding tert-OH is 1. The summed E-state index contributed by atoms with van der Waals surface area (Å²) in [5.74, 6) is 0.651. The van der Waals surface area contributed by atoms with Crippen molar-refractivity contribution in [2.45, 2.75) is 46.3 Å². The van der Waals surface area contributed by atoms with Crippen molar-refractivity contribution in [3.63, 3.8) is 0 Å². The van der Waals surface area contributed by atoms with Crippen molar-refractivity contribution < 1.29 is 9.84 Å². The molecule has 2 aromatic rings. The molecule has 1 unspecified atom stereocenters. The van der Waals surface area contributed by atoms with Crippen LogP contribution in [0.1, 0.15) is 49.4 Å². The van der Waals surface area contributed by atoms with Gasteiger partial charge in [-0.25, -0.2) is 0 Å². The summed E-state index contributed by atoms with van der Waals surface area (Å²) in [7, 11) is 0. The zero-order valence-corrected chi connectivity index (χ0v) is 12.9. The summed E-state index contributed by atoms with van der Waals surface area (Å²) < 4.78 is 5.62. The van der Waals surface area contributed by atoms with Crippen LogP contribution in [0.4, 0.5) is 0 Å². The fraction of sp³-hybridized carbons (Fsp3) is 0.438. The van der Waals surface area contributed by atoms with Crippen LogP contribution in [-0.2, 0) is 6.42 Å². The van der Waals surface area contributed by atoms with E-state index in [0.717, 1.165) is 23.4 Å². The summed E-state index contributed by atoms with van der Waals surface area (Å²) in [4.78, 5) is 4.14. The maximum Gasteiger partial charge on any atom is 0.138 e. The molecular weight excluding hydrogens is 266 g/mol. The molecule has 1 atom stereocenters. The standard InChI is InChI=1S/C16H21N3O2/c1-5-15-14(6-11(4)18-19-15)16(20)12-7-13(9-17-8-12)21-10(2)3/h6-10,16,20H,5H2,1-4H3. The second kappa shape index (κ2) is 6.63. The van der Waals surface area contributed by atoms with E-state index < -0.39 is 6.10 Å². The first-order valence-corrected chi connectivity index (χ1v) is 7.14. The fourth-order valence-electron chi connectivity index (χ4n) is 2.15. The van der Waals surface area contributed by atoms with Crippen LogP contribution in [0.2, 0.25) is 0 Å². The highest BCUT2D eigenvalue weighted by atomic mass is 16.5. The quantitative estimate of drug-likeness (QED) is 0.915. The molecule has 0 amide bonds. The highest BCUT2D eigenvalue weighted by Crippen LogP contribution is 2.26. The molecule has 112 valence electrons. The number of ether oxygens (including phenoxy) is 1. The molecule has 2 rings (SSSR count). The molecule has 0 saturated carbocycles. The van der Waals surface area contributed by atoms with Gasteiger partial charge >= 0.3 is 0 Å². The smallest absolute Gasteiger partial charge is 0.138 e. The monoisotopic (exact) mass is 287 g/mol. The molecule has 0 aliphatic heterocycles. The molecule has 0 bridgehead atoms. The normalized spacial score (nSPS) is 12.5. The lowest BCUT2D eigenvalue weighted by Crippen LogP contribution is -2.09. The molecule has 21 heavy (non-hydrogen) atoms. The first-order chi connectivity index (χ1) is 10.0. The molecule has 0 fully saturated rings. The van der Waals surface area contributed by atoms with Gasteiger partial charge in [-0.15, -0.1) is 0 Å². The predicted octanol–water partition coefficient (Wildman–Crippen LogP) is 2.61. The summed E-state index contributed by atoms with van der Waals surface area (Å²) in [5.41, 5.74) is 3.04. The van der Waals surface area contributed by atoms with Gasteiger partial charge in [-0.05, 0) is 39.3 Å². The van der Waals surface area contributed by atoms with E-state index in [1.165, 1.54) is 0 Å². The van der Waals surface area contributed by atoms with Crippen LogP contribution < -0.4 is 4.74 Å². The maximum absolute atomic E-state index is 10.6. The zero-order chi connectivity index (χ0) is 15.4. The molecule has 0 aliphatic carbocycles. The second-order valence-corrected chi connectivity index (χ2v) is 5.26. The third kappa shape index (κ3) is 3.76.